The minimum Gasteiger partial charge on any atom is -0.376 e. The van der Waals surface area contributed by atoms with Gasteiger partial charge in [-0.2, -0.15) is 0 Å². The van der Waals surface area contributed by atoms with E-state index in [-0.39, 0.29) is 0 Å². The Bertz CT molecular complexity index is 254. The fourth-order valence-electron chi connectivity index (χ4n) is 1.16. The van der Waals surface area contributed by atoms with Crippen molar-refractivity contribution in [3.63, 3.8) is 0 Å². The molecule has 0 amide bonds. The fraction of sp³-hybridized carbons (Fsp3) is 0.400. The second-order valence-corrected chi connectivity index (χ2v) is 3.37. The van der Waals surface area contributed by atoms with Crippen molar-refractivity contribution in [1.29, 1.82) is 0 Å². The van der Waals surface area contributed by atoms with Gasteiger partial charge in [0.05, 0.1) is 0 Å². The molecule has 1 fully saturated rings. The number of nitrogens with one attached hydrogen (secondary N) is 1. The van der Waals surface area contributed by atoms with Crippen LogP contribution in [0.4, 0.5) is 0 Å². The topological polar surface area (TPSA) is 32.3 Å². The quantitative estimate of drug-likeness (QED) is 0.657. The molecule has 0 heterocycles. The zero-order valence-electron chi connectivity index (χ0n) is 6.96. The van der Waals surface area contributed by atoms with Crippen molar-refractivity contribution in [2.24, 2.45) is 0 Å². The Kier molecular flexibility index (Phi) is 1.87. The van der Waals surface area contributed by atoms with Gasteiger partial charge in [0.1, 0.15) is 5.72 Å². The van der Waals surface area contributed by atoms with Crippen LogP contribution in [0.25, 0.3) is 0 Å². The Morgan fingerprint density at radius 2 is 1.92 bits per heavy atom. The van der Waals surface area contributed by atoms with Crippen LogP contribution in [0.15, 0.2) is 30.3 Å². The molecule has 0 spiro atoms. The Balaban J connectivity index is 1.88. The van der Waals surface area contributed by atoms with Crippen molar-refractivity contribution in [3.05, 3.63) is 35.9 Å². The lowest BCUT2D eigenvalue weighted by Crippen LogP contribution is -2.29. The molecule has 0 bridgehead atoms. The lowest BCUT2D eigenvalue weighted by atomic mass is 10.2. The molecule has 12 heavy (non-hydrogen) atoms. The summed E-state index contributed by atoms with van der Waals surface area (Å²) in [6.45, 7) is 0.761. The molecule has 2 nitrogen and oxygen atoms in total. The zero-order chi connectivity index (χ0) is 8.44. The summed E-state index contributed by atoms with van der Waals surface area (Å²) in [5.41, 5.74) is 0.674. The van der Waals surface area contributed by atoms with Gasteiger partial charge in [-0.3, -0.25) is 5.32 Å². The summed E-state index contributed by atoms with van der Waals surface area (Å²) in [5.74, 6) is 0. The highest BCUT2D eigenvalue weighted by Crippen LogP contribution is 2.31. The SMILES string of the molecule is OC1(NCc2ccccc2)CC1. The highest BCUT2D eigenvalue weighted by atomic mass is 16.3. The van der Waals surface area contributed by atoms with Crippen molar-refractivity contribution in [1.82, 2.24) is 5.32 Å². The monoisotopic (exact) mass is 163 g/mol. The number of benzene rings is 1. The van der Waals surface area contributed by atoms with Crippen molar-refractivity contribution >= 4 is 0 Å². The van der Waals surface area contributed by atoms with Crippen LogP contribution in [0.1, 0.15) is 18.4 Å². The summed E-state index contributed by atoms with van der Waals surface area (Å²) in [6.07, 6.45) is 1.78. The zero-order valence-corrected chi connectivity index (χ0v) is 6.96. The summed E-state index contributed by atoms with van der Waals surface area (Å²) in [6, 6.07) is 10.1. The maximum absolute atomic E-state index is 9.48. The van der Waals surface area contributed by atoms with Gasteiger partial charge in [0.2, 0.25) is 0 Å². The molecule has 1 saturated carbocycles. The molecule has 64 valence electrons. The fourth-order valence-corrected chi connectivity index (χ4v) is 1.16. The van der Waals surface area contributed by atoms with Crippen LogP contribution in [0, 0.1) is 0 Å². The first-order valence-electron chi connectivity index (χ1n) is 4.30. The highest BCUT2D eigenvalue weighted by Gasteiger charge is 2.39. The van der Waals surface area contributed by atoms with Crippen LogP contribution in [-0.2, 0) is 6.54 Å². The highest BCUT2D eigenvalue weighted by molar-refractivity contribution is 5.14. The Morgan fingerprint density at radius 3 is 2.50 bits per heavy atom. The first kappa shape index (κ1) is 7.77. The Labute approximate surface area is 72.2 Å². The van der Waals surface area contributed by atoms with Gasteiger partial charge < -0.3 is 5.11 Å². The van der Waals surface area contributed by atoms with E-state index in [1.54, 1.807) is 0 Å². The first-order chi connectivity index (χ1) is 5.79. The maximum Gasteiger partial charge on any atom is 0.116 e. The number of hydrogen-bond acceptors (Lipinski definition) is 2. The van der Waals surface area contributed by atoms with Crippen molar-refractivity contribution in [2.75, 3.05) is 0 Å². The average molecular weight is 163 g/mol. The lowest BCUT2D eigenvalue weighted by Gasteiger charge is -2.09. The van der Waals surface area contributed by atoms with Crippen LogP contribution in [0.3, 0.4) is 0 Å². The molecule has 0 radical (unpaired) electrons. The minimum atomic E-state index is -0.546. The van der Waals surface area contributed by atoms with Crippen molar-refractivity contribution < 1.29 is 5.11 Å². The lowest BCUT2D eigenvalue weighted by molar-refractivity contribution is 0.110. The second kappa shape index (κ2) is 2.88. The van der Waals surface area contributed by atoms with Crippen molar-refractivity contribution in [2.45, 2.75) is 25.1 Å². The molecule has 2 N–H and O–H groups in total. The maximum atomic E-state index is 9.48. The van der Waals surface area contributed by atoms with Crippen LogP contribution in [0.2, 0.25) is 0 Å². The van der Waals surface area contributed by atoms with E-state index in [1.165, 1.54) is 5.56 Å². The average Bonchev–Trinajstić information content (AvgIpc) is 2.84. The molecule has 1 aliphatic rings. The van der Waals surface area contributed by atoms with Gasteiger partial charge in [-0.25, -0.2) is 0 Å². The number of hydrogen-bond donors (Lipinski definition) is 2. The molecule has 0 saturated heterocycles. The summed E-state index contributed by atoms with van der Waals surface area (Å²) < 4.78 is 0. The number of aliphatic hydroxyl groups is 1. The predicted molar refractivity (Wildman–Crippen MR) is 47.5 cm³/mol. The van der Waals surface area contributed by atoms with Gasteiger partial charge in [-0.15, -0.1) is 0 Å². The van der Waals surface area contributed by atoms with E-state index in [0.29, 0.717) is 0 Å². The molecule has 1 aromatic rings. The van der Waals surface area contributed by atoms with E-state index in [9.17, 15) is 5.11 Å². The van der Waals surface area contributed by atoms with E-state index in [2.05, 4.69) is 17.4 Å². The summed E-state index contributed by atoms with van der Waals surface area (Å²) >= 11 is 0. The van der Waals surface area contributed by atoms with E-state index in [4.69, 9.17) is 0 Å². The van der Waals surface area contributed by atoms with Gasteiger partial charge in [0, 0.05) is 6.54 Å². The van der Waals surface area contributed by atoms with Gasteiger partial charge in [0.15, 0.2) is 0 Å². The molecule has 1 aliphatic carbocycles. The molecule has 0 aliphatic heterocycles. The molecule has 0 unspecified atom stereocenters. The van der Waals surface area contributed by atoms with E-state index >= 15 is 0 Å². The normalized spacial score (nSPS) is 19.1. The molecule has 1 aromatic carbocycles. The molecule has 0 atom stereocenters. The van der Waals surface area contributed by atoms with Gasteiger partial charge in [-0.1, -0.05) is 30.3 Å². The summed E-state index contributed by atoms with van der Waals surface area (Å²) in [7, 11) is 0. The van der Waals surface area contributed by atoms with E-state index in [1.807, 2.05) is 18.2 Å². The first-order valence-corrected chi connectivity index (χ1v) is 4.30. The van der Waals surface area contributed by atoms with Crippen LogP contribution in [0.5, 0.6) is 0 Å². The van der Waals surface area contributed by atoms with Crippen LogP contribution in [-0.4, -0.2) is 10.8 Å². The third kappa shape index (κ3) is 1.84. The van der Waals surface area contributed by atoms with Gasteiger partial charge >= 0.3 is 0 Å². The van der Waals surface area contributed by atoms with Crippen LogP contribution < -0.4 is 5.32 Å². The Hall–Kier alpha value is -0.860. The van der Waals surface area contributed by atoms with E-state index in [0.717, 1.165) is 19.4 Å². The third-order valence-electron chi connectivity index (χ3n) is 2.19. The minimum absolute atomic E-state index is 0.546. The molecular weight excluding hydrogens is 150 g/mol. The Morgan fingerprint density at radius 1 is 1.25 bits per heavy atom. The van der Waals surface area contributed by atoms with Crippen molar-refractivity contribution in [3.8, 4) is 0 Å². The largest absolute Gasteiger partial charge is 0.376 e. The van der Waals surface area contributed by atoms with Gasteiger partial charge in [-0.05, 0) is 18.4 Å². The molecule has 2 rings (SSSR count). The predicted octanol–water partition coefficient (Wildman–Crippen LogP) is 1.26. The van der Waals surface area contributed by atoms with Gasteiger partial charge in [0.25, 0.3) is 0 Å². The van der Waals surface area contributed by atoms with Crippen LogP contribution >= 0.6 is 0 Å². The second-order valence-electron chi connectivity index (χ2n) is 3.37. The molecule has 0 aromatic heterocycles. The molecular formula is C10H13NO. The number of rotatable bonds is 3. The smallest absolute Gasteiger partial charge is 0.116 e. The third-order valence-corrected chi connectivity index (χ3v) is 2.19. The summed E-state index contributed by atoms with van der Waals surface area (Å²) in [5, 5.41) is 12.6. The standard InChI is InChI=1S/C10H13NO/c12-10(6-7-10)11-8-9-4-2-1-3-5-9/h1-5,11-12H,6-8H2. The van der Waals surface area contributed by atoms with E-state index < -0.39 is 5.72 Å². The summed E-state index contributed by atoms with van der Waals surface area (Å²) in [4.78, 5) is 0. The molecule has 2 heteroatoms.